The van der Waals surface area contributed by atoms with Crippen molar-refractivity contribution in [3.05, 3.63) is 41.5 Å². The number of carbonyl (C=O) groups is 1. The highest BCUT2D eigenvalue weighted by Gasteiger charge is 2.36. The Balaban J connectivity index is 1.88. The molecule has 0 bridgehead atoms. The quantitative estimate of drug-likeness (QED) is 0.807. The van der Waals surface area contributed by atoms with Crippen LogP contribution < -0.4 is 11.1 Å². The van der Waals surface area contributed by atoms with E-state index in [1.54, 1.807) is 0 Å². The van der Waals surface area contributed by atoms with E-state index in [9.17, 15) is 18.0 Å². The predicted octanol–water partition coefficient (Wildman–Crippen LogP) is 2.85. The third kappa shape index (κ3) is 3.92. The molecule has 0 saturated carbocycles. The summed E-state index contributed by atoms with van der Waals surface area (Å²) >= 11 is 1.33. The molecule has 144 valence electrons. The molecule has 27 heavy (non-hydrogen) atoms. The van der Waals surface area contributed by atoms with E-state index in [-0.39, 0.29) is 22.2 Å². The van der Waals surface area contributed by atoms with Gasteiger partial charge in [-0.2, -0.15) is 18.6 Å². The molecule has 0 spiro atoms. The van der Waals surface area contributed by atoms with Gasteiger partial charge in [-0.1, -0.05) is 11.8 Å². The first-order chi connectivity index (χ1) is 12.8. The van der Waals surface area contributed by atoms with Gasteiger partial charge in [-0.15, -0.1) is 0 Å². The maximum atomic E-state index is 13.8. The van der Waals surface area contributed by atoms with Crippen LogP contribution in [0.4, 0.5) is 18.9 Å². The molecular formula is C16H17F3N6OS. The first-order valence-corrected chi connectivity index (χ1v) is 8.99. The molecule has 11 heteroatoms. The zero-order chi connectivity index (χ0) is 19.6. The van der Waals surface area contributed by atoms with Gasteiger partial charge in [0, 0.05) is 17.6 Å². The molecule has 0 aromatic carbocycles. The summed E-state index contributed by atoms with van der Waals surface area (Å²) in [6.07, 6.45) is 1.79. The molecule has 1 aliphatic rings. The van der Waals surface area contributed by atoms with Crippen LogP contribution in [-0.4, -0.2) is 38.3 Å². The molecule has 2 aromatic rings. The lowest BCUT2D eigenvalue weighted by Gasteiger charge is -2.30. The van der Waals surface area contributed by atoms with Crippen LogP contribution >= 0.6 is 11.8 Å². The number of nitrogens with zero attached hydrogens (tertiary/aromatic N) is 4. The van der Waals surface area contributed by atoms with Gasteiger partial charge in [-0.3, -0.25) is 9.78 Å². The maximum absolute atomic E-state index is 13.8. The van der Waals surface area contributed by atoms with Crippen LogP contribution in [0.2, 0.25) is 0 Å². The Morgan fingerprint density at radius 1 is 1.48 bits per heavy atom. The van der Waals surface area contributed by atoms with Crippen molar-refractivity contribution in [3.63, 3.8) is 0 Å². The first kappa shape index (κ1) is 19.2. The number of aromatic nitrogens is 3. The van der Waals surface area contributed by atoms with Crippen LogP contribution in [-0.2, 0) is 5.54 Å². The SMILES string of the molecule is Cc1cc(C(=O)Nc2ccnc([C@]3(CF)CCSC(N)=N3)c2)n(C(F)F)n1. The standard InChI is InChI=1S/C16H17F3N6OS/c1-9-6-11(25(24-9)14(18)19)13(26)22-10-2-4-21-12(7-10)16(8-17)3-5-27-15(20)23-16/h2,4,6-7,14H,3,5,8H2,1H3,(H2,20,23)(H,21,22,26)/t16-/m1/s1. The number of carbonyl (C=O) groups excluding carboxylic acids is 1. The third-order valence-electron chi connectivity index (χ3n) is 4.08. The number of anilines is 1. The first-order valence-electron chi connectivity index (χ1n) is 8.01. The Labute approximate surface area is 157 Å². The van der Waals surface area contributed by atoms with Crippen LogP contribution in [0.1, 0.15) is 34.8 Å². The topological polar surface area (TPSA) is 98.2 Å². The van der Waals surface area contributed by atoms with Crippen LogP contribution in [0.25, 0.3) is 0 Å². The summed E-state index contributed by atoms with van der Waals surface area (Å²) in [6, 6.07) is 4.21. The number of amidine groups is 1. The van der Waals surface area contributed by atoms with Crippen LogP contribution in [0.15, 0.2) is 29.4 Å². The lowest BCUT2D eigenvalue weighted by molar-refractivity contribution is 0.0518. The molecule has 3 heterocycles. The average Bonchev–Trinajstić information content (AvgIpc) is 3.04. The Morgan fingerprint density at radius 3 is 2.93 bits per heavy atom. The summed E-state index contributed by atoms with van der Waals surface area (Å²) in [5, 5.41) is 6.39. The number of hydrogen-bond donors (Lipinski definition) is 2. The monoisotopic (exact) mass is 398 g/mol. The fourth-order valence-corrected chi connectivity index (χ4v) is 3.66. The van der Waals surface area contributed by atoms with E-state index < -0.39 is 24.7 Å². The Morgan fingerprint density at radius 2 is 2.26 bits per heavy atom. The minimum atomic E-state index is -2.95. The molecule has 2 aromatic heterocycles. The summed E-state index contributed by atoms with van der Waals surface area (Å²) in [5.41, 5.74) is 5.12. The van der Waals surface area contributed by atoms with Gasteiger partial charge in [0.1, 0.15) is 17.9 Å². The molecule has 0 fully saturated rings. The van der Waals surface area contributed by atoms with Crippen molar-refractivity contribution in [2.75, 3.05) is 17.7 Å². The lowest BCUT2D eigenvalue weighted by Crippen LogP contribution is -2.34. The van der Waals surface area contributed by atoms with Gasteiger partial charge in [0.25, 0.3) is 5.91 Å². The molecule has 1 amide bonds. The fourth-order valence-electron chi connectivity index (χ4n) is 2.77. The smallest absolute Gasteiger partial charge is 0.333 e. The van der Waals surface area contributed by atoms with E-state index in [4.69, 9.17) is 5.73 Å². The highest BCUT2D eigenvalue weighted by molar-refractivity contribution is 8.13. The highest BCUT2D eigenvalue weighted by Crippen LogP contribution is 2.35. The van der Waals surface area contributed by atoms with E-state index in [2.05, 4.69) is 20.4 Å². The lowest BCUT2D eigenvalue weighted by atomic mass is 9.93. The van der Waals surface area contributed by atoms with Crippen LogP contribution in [0.5, 0.6) is 0 Å². The van der Waals surface area contributed by atoms with Gasteiger partial charge >= 0.3 is 6.55 Å². The highest BCUT2D eigenvalue weighted by atomic mass is 32.2. The minimum absolute atomic E-state index is 0.270. The molecule has 7 nitrogen and oxygen atoms in total. The number of hydrogen-bond acceptors (Lipinski definition) is 6. The minimum Gasteiger partial charge on any atom is -0.379 e. The Kier molecular flexibility index (Phi) is 5.40. The summed E-state index contributed by atoms with van der Waals surface area (Å²) in [4.78, 5) is 20.8. The van der Waals surface area contributed by atoms with Crippen LogP contribution in [0.3, 0.4) is 0 Å². The largest absolute Gasteiger partial charge is 0.379 e. The molecular weight excluding hydrogens is 381 g/mol. The Bertz CT molecular complexity index is 887. The molecule has 3 rings (SSSR count). The summed E-state index contributed by atoms with van der Waals surface area (Å²) in [7, 11) is 0. The zero-order valence-electron chi connectivity index (χ0n) is 14.3. The van der Waals surface area contributed by atoms with E-state index in [1.165, 1.54) is 43.1 Å². The summed E-state index contributed by atoms with van der Waals surface area (Å²) in [6.45, 7) is -2.23. The van der Waals surface area contributed by atoms with E-state index in [0.29, 0.717) is 22.5 Å². The number of alkyl halides is 3. The molecule has 0 radical (unpaired) electrons. The Hall–Kier alpha value is -2.56. The second-order valence-corrected chi connectivity index (χ2v) is 7.11. The number of amides is 1. The van der Waals surface area contributed by atoms with Gasteiger partial charge in [0.2, 0.25) is 0 Å². The number of aryl methyl sites for hydroxylation is 1. The second-order valence-electron chi connectivity index (χ2n) is 5.99. The number of nitrogens with two attached hydrogens (primary N) is 1. The number of aliphatic imine (C=N–C) groups is 1. The number of halogens is 3. The number of rotatable bonds is 5. The van der Waals surface area contributed by atoms with Gasteiger partial charge in [0.05, 0.1) is 11.4 Å². The van der Waals surface area contributed by atoms with Gasteiger partial charge in [-0.25, -0.2) is 9.38 Å². The number of thioether (sulfide) groups is 1. The molecule has 1 atom stereocenters. The van der Waals surface area contributed by atoms with Gasteiger partial charge < -0.3 is 11.1 Å². The maximum Gasteiger partial charge on any atom is 0.333 e. The summed E-state index contributed by atoms with van der Waals surface area (Å²) in [5.74, 6) is -0.172. The average molecular weight is 398 g/mol. The fraction of sp³-hybridized carbons (Fsp3) is 0.375. The molecule has 0 unspecified atom stereocenters. The number of nitrogens with one attached hydrogen (secondary N) is 1. The van der Waals surface area contributed by atoms with Crippen molar-refractivity contribution >= 4 is 28.5 Å². The predicted molar refractivity (Wildman–Crippen MR) is 96.8 cm³/mol. The van der Waals surface area contributed by atoms with E-state index in [0.717, 1.165) is 0 Å². The normalized spacial score (nSPS) is 19.8. The van der Waals surface area contributed by atoms with Crippen molar-refractivity contribution in [2.45, 2.75) is 25.4 Å². The van der Waals surface area contributed by atoms with Crippen molar-refractivity contribution in [1.82, 2.24) is 14.8 Å². The van der Waals surface area contributed by atoms with Crippen molar-refractivity contribution in [1.29, 1.82) is 0 Å². The second kappa shape index (κ2) is 7.59. The van der Waals surface area contributed by atoms with E-state index >= 15 is 0 Å². The number of pyridine rings is 1. The van der Waals surface area contributed by atoms with Gasteiger partial charge in [0.15, 0.2) is 5.17 Å². The van der Waals surface area contributed by atoms with Crippen molar-refractivity contribution < 1.29 is 18.0 Å². The van der Waals surface area contributed by atoms with Gasteiger partial charge in [-0.05, 0) is 31.5 Å². The van der Waals surface area contributed by atoms with E-state index in [1.807, 2.05) is 0 Å². The third-order valence-corrected chi connectivity index (χ3v) is 4.88. The molecule has 0 saturated heterocycles. The molecule has 1 aliphatic heterocycles. The summed E-state index contributed by atoms with van der Waals surface area (Å²) < 4.78 is 40.2. The van der Waals surface area contributed by atoms with Crippen molar-refractivity contribution in [2.24, 2.45) is 10.7 Å². The molecule has 0 aliphatic carbocycles. The van der Waals surface area contributed by atoms with Crippen LogP contribution in [0, 0.1) is 6.92 Å². The molecule has 3 N–H and O–H groups in total. The van der Waals surface area contributed by atoms with Crippen molar-refractivity contribution in [3.8, 4) is 0 Å². The zero-order valence-corrected chi connectivity index (χ0v) is 15.1.